The summed E-state index contributed by atoms with van der Waals surface area (Å²) in [4.78, 5) is 25.8. The zero-order chi connectivity index (χ0) is 16.9. The lowest BCUT2D eigenvalue weighted by molar-refractivity contribution is -0.118. The van der Waals surface area contributed by atoms with Gasteiger partial charge in [0.1, 0.15) is 0 Å². The van der Waals surface area contributed by atoms with E-state index in [2.05, 4.69) is 10.6 Å². The molecular formula is C17H27N3O2. The first-order valence-electron chi connectivity index (χ1n) is 7.54. The molecule has 5 heteroatoms. The van der Waals surface area contributed by atoms with E-state index in [1.165, 1.54) is 5.56 Å². The van der Waals surface area contributed by atoms with Crippen LogP contribution in [0, 0.1) is 6.92 Å². The molecule has 0 atom stereocenters. The molecule has 0 aliphatic carbocycles. The molecule has 0 saturated heterocycles. The van der Waals surface area contributed by atoms with Gasteiger partial charge in [-0.2, -0.15) is 0 Å². The van der Waals surface area contributed by atoms with Crippen LogP contribution in [0.5, 0.6) is 0 Å². The number of benzene rings is 1. The predicted molar refractivity (Wildman–Crippen MR) is 90.1 cm³/mol. The fourth-order valence-corrected chi connectivity index (χ4v) is 2.00. The Morgan fingerprint density at radius 2 is 1.68 bits per heavy atom. The number of amides is 3. The number of anilines is 1. The predicted octanol–water partition coefficient (Wildman–Crippen LogP) is 2.83. The maximum absolute atomic E-state index is 12.1. The van der Waals surface area contributed by atoms with Crippen molar-refractivity contribution in [1.82, 2.24) is 10.6 Å². The third-order valence-electron chi connectivity index (χ3n) is 3.04. The van der Waals surface area contributed by atoms with Crippen molar-refractivity contribution in [2.75, 3.05) is 11.4 Å². The van der Waals surface area contributed by atoms with Crippen molar-refractivity contribution >= 4 is 17.6 Å². The van der Waals surface area contributed by atoms with Gasteiger partial charge >= 0.3 is 6.03 Å². The van der Waals surface area contributed by atoms with Crippen molar-refractivity contribution in [1.29, 1.82) is 0 Å². The van der Waals surface area contributed by atoms with Gasteiger partial charge in [-0.3, -0.25) is 10.1 Å². The van der Waals surface area contributed by atoms with Gasteiger partial charge in [0.25, 0.3) is 0 Å². The Morgan fingerprint density at radius 1 is 1.14 bits per heavy atom. The summed E-state index contributed by atoms with van der Waals surface area (Å²) in [7, 11) is 0. The third kappa shape index (κ3) is 6.16. The SMILES string of the molecule is Cc1ccc(N(CC(=O)NC(=O)NC(C)(C)C)C(C)C)cc1. The second-order valence-corrected chi connectivity index (χ2v) is 6.81. The van der Waals surface area contributed by atoms with Crippen molar-refractivity contribution < 1.29 is 9.59 Å². The van der Waals surface area contributed by atoms with Crippen LogP contribution in [0.15, 0.2) is 24.3 Å². The number of carbonyl (C=O) groups is 2. The first-order valence-corrected chi connectivity index (χ1v) is 7.54. The van der Waals surface area contributed by atoms with Gasteiger partial charge in [0.2, 0.25) is 5.91 Å². The number of aryl methyl sites for hydroxylation is 1. The molecule has 0 aliphatic heterocycles. The number of carbonyl (C=O) groups excluding carboxylic acids is 2. The summed E-state index contributed by atoms with van der Waals surface area (Å²) in [6, 6.07) is 7.67. The van der Waals surface area contributed by atoms with Gasteiger partial charge in [-0.25, -0.2) is 4.79 Å². The highest BCUT2D eigenvalue weighted by atomic mass is 16.2. The number of hydrogen-bond acceptors (Lipinski definition) is 3. The lowest BCUT2D eigenvalue weighted by Gasteiger charge is -2.28. The second kappa shape index (κ2) is 7.29. The first-order chi connectivity index (χ1) is 10.1. The molecule has 0 aromatic heterocycles. The summed E-state index contributed by atoms with van der Waals surface area (Å²) in [6.45, 7) is 11.8. The molecule has 122 valence electrons. The molecule has 1 aromatic rings. The van der Waals surface area contributed by atoms with Crippen LogP contribution < -0.4 is 15.5 Å². The molecule has 0 fully saturated rings. The molecule has 1 aromatic carbocycles. The maximum Gasteiger partial charge on any atom is 0.321 e. The Labute approximate surface area is 133 Å². The first kappa shape index (κ1) is 18.0. The summed E-state index contributed by atoms with van der Waals surface area (Å²) < 4.78 is 0. The molecule has 0 aliphatic rings. The fraction of sp³-hybridized carbons (Fsp3) is 0.529. The molecule has 5 nitrogen and oxygen atoms in total. The Hall–Kier alpha value is -2.04. The van der Waals surface area contributed by atoms with Gasteiger partial charge in [-0.15, -0.1) is 0 Å². The van der Waals surface area contributed by atoms with E-state index < -0.39 is 6.03 Å². The summed E-state index contributed by atoms with van der Waals surface area (Å²) in [5, 5.41) is 5.08. The summed E-state index contributed by atoms with van der Waals surface area (Å²) >= 11 is 0. The van der Waals surface area contributed by atoms with E-state index in [-0.39, 0.29) is 24.0 Å². The van der Waals surface area contributed by atoms with Crippen LogP contribution in [-0.4, -0.2) is 30.1 Å². The normalized spacial score (nSPS) is 11.2. The van der Waals surface area contributed by atoms with Crippen LogP contribution >= 0.6 is 0 Å². The highest BCUT2D eigenvalue weighted by Crippen LogP contribution is 2.17. The molecule has 3 amide bonds. The number of nitrogens with one attached hydrogen (secondary N) is 2. The minimum atomic E-state index is -0.467. The van der Waals surface area contributed by atoms with Crippen molar-refractivity contribution in [3.8, 4) is 0 Å². The summed E-state index contributed by atoms with van der Waals surface area (Å²) in [5.74, 6) is -0.323. The number of nitrogens with zero attached hydrogens (tertiary/aromatic N) is 1. The molecule has 0 heterocycles. The summed E-state index contributed by atoms with van der Waals surface area (Å²) in [6.07, 6.45) is 0. The van der Waals surface area contributed by atoms with E-state index in [0.29, 0.717) is 0 Å². The fourth-order valence-electron chi connectivity index (χ4n) is 2.00. The van der Waals surface area contributed by atoms with Crippen LogP contribution in [0.25, 0.3) is 0 Å². The van der Waals surface area contributed by atoms with Gasteiger partial charge in [0, 0.05) is 17.3 Å². The molecule has 1 rings (SSSR count). The van der Waals surface area contributed by atoms with E-state index >= 15 is 0 Å². The van der Waals surface area contributed by atoms with Crippen LogP contribution in [-0.2, 0) is 4.79 Å². The van der Waals surface area contributed by atoms with E-state index in [4.69, 9.17) is 0 Å². The molecular weight excluding hydrogens is 278 g/mol. The largest absolute Gasteiger partial charge is 0.360 e. The van der Waals surface area contributed by atoms with E-state index in [0.717, 1.165) is 5.69 Å². The number of hydrogen-bond donors (Lipinski definition) is 2. The number of rotatable bonds is 4. The second-order valence-electron chi connectivity index (χ2n) is 6.81. The molecule has 0 unspecified atom stereocenters. The van der Waals surface area contributed by atoms with Crippen LogP contribution in [0.3, 0.4) is 0 Å². The monoisotopic (exact) mass is 305 g/mol. The van der Waals surface area contributed by atoms with E-state index in [1.807, 2.05) is 70.7 Å². The quantitative estimate of drug-likeness (QED) is 0.899. The van der Waals surface area contributed by atoms with Crippen molar-refractivity contribution in [3.05, 3.63) is 29.8 Å². The van der Waals surface area contributed by atoms with Gasteiger partial charge < -0.3 is 10.2 Å². The molecule has 22 heavy (non-hydrogen) atoms. The standard InChI is InChI=1S/C17H27N3O2/c1-12(2)20(14-9-7-13(3)8-10-14)11-15(21)18-16(22)19-17(4,5)6/h7-10,12H,11H2,1-6H3,(H2,18,19,21,22). The average Bonchev–Trinajstić information content (AvgIpc) is 2.34. The van der Waals surface area contributed by atoms with Crippen LogP contribution in [0.4, 0.5) is 10.5 Å². The summed E-state index contributed by atoms with van der Waals surface area (Å²) in [5.41, 5.74) is 1.76. The lowest BCUT2D eigenvalue weighted by atomic mass is 10.1. The average molecular weight is 305 g/mol. The molecule has 0 spiro atoms. The Morgan fingerprint density at radius 3 is 2.14 bits per heavy atom. The van der Waals surface area contributed by atoms with Crippen molar-refractivity contribution in [3.63, 3.8) is 0 Å². The maximum atomic E-state index is 12.1. The zero-order valence-electron chi connectivity index (χ0n) is 14.4. The molecule has 0 bridgehead atoms. The highest BCUT2D eigenvalue weighted by molar-refractivity contribution is 5.96. The van der Waals surface area contributed by atoms with Crippen LogP contribution in [0.1, 0.15) is 40.2 Å². The Kier molecular flexibility index (Phi) is 5.97. The zero-order valence-corrected chi connectivity index (χ0v) is 14.4. The van der Waals surface area contributed by atoms with Gasteiger partial charge in [0.05, 0.1) is 6.54 Å². The minimum absolute atomic E-state index is 0.137. The van der Waals surface area contributed by atoms with Gasteiger partial charge in [0.15, 0.2) is 0 Å². The molecule has 0 radical (unpaired) electrons. The number of imide groups is 1. The minimum Gasteiger partial charge on any atom is -0.360 e. The lowest BCUT2D eigenvalue weighted by Crippen LogP contribution is -2.51. The smallest absolute Gasteiger partial charge is 0.321 e. The molecule has 0 saturated carbocycles. The highest BCUT2D eigenvalue weighted by Gasteiger charge is 2.19. The van der Waals surface area contributed by atoms with Crippen LogP contribution in [0.2, 0.25) is 0 Å². The van der Waals surface area contributed by atoms with Gasteiger partial charge in [-0.1, -0.05) is 17.7 Å². The van der Waals surface area contributed by atoms with Crippen molar-refractivity contribution in [2.24, 2.45) is 0 Å². The van der Waals surface area contributed by atoms with E-state index in [1.54, 1.807) is 0 Å². The number of urea groups is 1. The van der Waals surface area contributed by atoms with Crippen molar-refractivity contribution in [2.45, 2.75) is 53.1 Å². The molecule has 2 N–H and O–H groups in total. The topological polar surface area (TPSA) is 61.4 Å². The van der Waals surface area contributed by atoms with E-state index in [9.17, 15) is 9.59 Å². The van der Waals surface area contributed by atoms with Gasteiger partial charge in [-0.05, 0) is 53.7 Å². The third-order valence-corrected chi connectivity index (χ3v) is 3.04. The Balaban J connectivity index is 2.69. The Bertz CT molecular complexity index is 516.